The molecule has 0 spiro atoms. The second-order valence-corrected chi connectivity index (χ2v) is 7.13. The number of hydrogen-bond donors (Lipinski definition) is 1. The molecule has 7 heteroatoms. The van der Waals surface area contributed by atoms with Gasteiger partial charge in [-0.15, -0.1) is 23.7 Å². The average Bonchev–Trinajstić information content (AvgIpc) is 2.91. The van der Waals surface area contributed by atoms with Crippen LogP contribution in [0.1, 0.15) is 16.5 Å². The number of rotatable bonds is 3. The van der Waals surface area contributed by atoms with Gasteiger partial charge >= 0.3 is 0 Å². The minimum atomic E-state index is -0.341. The highest BCUT2D eigenvalue weighted by atomic mass is 35.5. The van der Waals surface area contributed by atoms with E-state index >= 15 is 0 Å². The summed E-state index contributed by atoms with van der Waals surface area (Å²) in [7, 11) is 0. The third kappa shape index (κ3) is 3.75. The van der Waals surface area contributed by atoms with Crippen LogP contribution < -0.4 is 5.32 Å². The fourth-order valence-electron chi connectivity index (χ4n) is 2.68. The van der Waals surface area contributed by atoms with Crippen molar-refractivity contribution in [2.45, 2.75) is 6.04 Å². The van der Waals surface area contributed by atoms with Gasteiger partial charge in [0.2, 0.25) is 0 Å². The summed E-state index contributed by atoms with van der Waals surface area (Å²) in [6.07, 6.45) is 0. The molecule has 0 saturated carbocycles. The largest absolute Gasteiger partial charge is 0.314 e. The van der Waals surface area contributed by atoms with E-state index in [0.29, 0.717) is 9.90 Å². The highest BCUT2D eigenvalue weighted by Crippen LogP contribution is 2.37. The lowest BCUT2D eigenvalue weighted by molar-refractivity contribution is 0.197. The van der Waals surface area contributed by atoms with Gasteiger partial charge in [0, 0.05) is 36.6 Å². The van der Waals surface area contributed by atoms with Gasteiger partial charge in [0.15, 0.2) is 0 Å². The molecule has 2 aromatic rings. The third-order valence-corrected chi connectivity index (χ3v) is 5.23. The first-order valence-electron chi connectivity index (χ1n) is 6.81. The molecule has 3 rings (SSSR count). The van der Waals surface area contributed by atoms with E-state index in [9.17, 15) is 4.39 Å². The number of benzene rings is 1. The summed E-state index contributed by atoms with van der Waals surface area (Å²) in [5.74, 6) is -0.341. The molecule has 1 saturated heterocycles. The van der Waals surface area contributed by atoms with Crippen LogP contribution in [-0.2, 0) is 0 Å². The number of thiophene rings is 1. The van der Waals surface area contributed by atoms with E-state index in [2.05, 4.69) is 10.2 Å². The highest BCUT2D eigenvalue weighted by molar-refractivity contribution is 7.16. The Morgan fingerprint density at radius 3 is 2.50 bits per heavy atom. The van der Waals surface area contributed by atoms with Crippen molar-refractivity contribution in [2.24, 2.45) is 0 Å². The van der Waals surface area contributed by atoms with Crippen LogP contribution in [0.2, 0.25) is 9.36 Å². The summed E-state index contributed by atoms with van der Waals surface area (Å²) in [6.45, 7) is 3.54. The highest BCUT2D eigenvalue weighted by Gasteiger charge is 2.28. The topological polar surface area (TPSA) is 15.3 Å². The molecule has 1 aliphatic rings. The Morgan fingerprint density at radius 2 is 1.86 bits per heavy atom. The summed E-state index contributed by atoms with van der Waals surface area (Å²) < 4.78 is 15.2. The van der Waals surface area contributed by atoms with Gasteiger partial charge in [-0.1, -0.05) is 35.3 Å². The predicted molar refractivity (Wildman–Crippen MR) is 94.3 cm³/mol. The van der Waals surface area contributed by atoms with Crippen LogP contribution in [0, 0.1) is 5.82 Å². The second-order valence-electron chi connectivity index (χ2n) is 4.97. The first-order valence-corrected chi connectivity index (χ1v) is 8.38. The van der Waals surface area contributed by atoms with Crippen molar-refractivity contribution in [2.75, 3.05) is 26.2 Å². The zero-order chi connectivity index (χ0) is 14.8. The Labute approximate surface area is 149 Å². The molecule has 1 atom stereocenters. The van der Waals surface area contributed by atoms with E-state index < -0.39 is 0 Å². The molecular weight excluding hydrogens is 366 g/mol. The van der Waals surface area contributed by atoms with Crippen molar-refractivity contribution in [3.63, 3.8) is 0 Å². The van der Waals surface area contributed by atoms with Crippen LogP contribution in [0.5, 0.6) is 0 Å². The minimum Gasteiger partial charge on any atom is -0.314 e. The van der Waals surface area contributed by atoms with Crippen LogP contribution in [0.15, 0.2) is 30.3 Å². The van der Waals surface area contributed by atoms with E-state index in [1.54, 1.807) is 12.1 Å². The fraction of sp³-hybridized carbons (Fsp3) is 0.333. The number of nitrogens with one attached hydrogen (secondary N) is 1. The van der Waals surface area contributed by atoms with Gasteiger partial charge in [0.25, 0.3) is 0 Å². The first kappa shape index (κ1) is 18.0. The van der Waals surface area contributed by atoms with Crippen molar-refractivity contribution < 1.29 is 4.39 Å². The Hall–Kier alpha value is -0.360. The van der Waals surface area contributed by atoms with Crippen molar-refractivity contribution in [1.82, 2.24) is 10.2 Å². The molecule has 2 heterocycles. The van der Waals surface area contributed by atoms with Crippen molar-refractivity contribution >= 4 is 46.9 Å². The quantitative estimate of drug-likeness (QED) is 0.835. The molecule has 1 aliphatic heterocycles. The summed E-state index contributed by atoms with van der Waals surface area (Å²) in [5, 5.41) is 3.48. The van der Waals surface area contributed by atoms with Crippen LogP contribution in [-0.4, -0.2) is 31.1 Å². The molecule has 0 amide bonds. The van der Waals surface area contributed by atoms with E-state index in [1.165, 1.54) is 11.3 Å². The smallest absolute Gasteiger partial charge is 0.146 e. The van der Waals surface area contributed by atoms with Crippen molar-refractivity contribution in [1.29, 1.82) is 0 Å². The second kappa shape index (κ2) is 7.95. The molecule has 1 aromatic heterocycles. The minimum absolute atomic E-state index is 0. The van der Waals surface area contributed by atoms with Crippen molar-refractivity contribution in [3.8, 4) is 0 Å². The number of halogens is 4. The zero-order valence-corrected chi connectivity index (χ0v) is 14.8. The monoisotopic (exact) mass is 380 g/mol. The number of nitrogens with zero attached hydrogens (tertiary/aromatic N) is 1. The van der Waals surface area contributed by atoms with Gasteiger partial charge in [-0.25, -0.2) is 4.39 Å². The Kier molecular flexibility index (Phi) is 6.50. The number of hydrogen-bond acceptors (Lipinski definition) is 3. The summed E-state index contributed by atoms with van der Waals surface area (Å²) >= 11 is 13.5. The predicted octanol–water partition coefficient (Wildman–Crippen LogP) is 4.61. The molecule has 22 heavy (non-hydrogen) atoms. The van der Waals surface area contributed by atoms with Gasteiger partial charge in [0.1, 0.15) is 5.82 Å². The molecule has 0 unspecified atom stereocenters. The van der Waals surface area contributed by atoms with E-state index in [-0.39, 0.29) is 29.3 Å². The normalized spacial score (nSPS) is 17.0. The Balaban J connectivity index is 0.00000176. The maximum atomic E-state index is 14.5. The molecule has 0 bridgehead atoms. The fourth-order valence-corrected chi connectivity index (χ4v) is 4.07. The Morgan fingerprint density at radius 1 is 1.14 bits per heavy atom. The maximum Gasteiger partial charge on any atom is 0.146 e. The molecule has 1 fully saturated rings. The van der Waals surface area contributed by atoms with E-state index in [0.717, 1.165) is 31.1 Å². The average molecular weight is 382 g/mol. The van der Waals surface area contributed by atoms with Gasteiger partial charge in [0.05, 0.1) is 15.4 Å². The van der Waals surface area contributed by atoms with Crippen LogP contribution in [0.25, 0.3) is 0 Å². The van der Waals surface area contributed by atoms with Crippen LogP contribution in [0.3, 0.4) is 0 Å². The van der Waals surface area contributed by atoms with E-state index in [1.807, 2.05) is 18.2 Å². The van der Waals surface area contributed by atoms with Crippen LogP contribution >= 0.6 is 46.9 Å². The van der Waals surface area contributed by atoms with Gasteiger partial charge in [-0.3, -0.25) is 4.90 Å². The van der Waals surface area contributed by atoms with E-state index in [4.69, 9.17) is 23.2 Å². The van der Waals surface area contributed by atoms with Crippen molar-refractivity contribution in [3.05, 3.63) is 55.9 Å². The lowest BCUT2D eigenvalue weighted by Gasteiger charge is -2.35. The molecule has 2 nitrogen and oxygen atoms in total. The summed E-state index contributed by atoms with van der Waals surface area (Å²) in [4.78, 5) is 3.32. The SMILES string of the molecule is Cl.Fc1c(Cl)cccc1[C@@H](c1ccc(Cl)s1)N1CCNCC1. The molecule has 1 aromatic carbocycles. The molecule has 0 aliphatic carbocycles. The summed E-state index contributed by atoms with van der Waals surface area (Å²) in [6, 6.07) is 8.88. The first-order chi connectivity index (χ1) is 10.2. The lowest BCUT2D eigenvalue weighted by Crippen LogP contribution is -2.45. The maximum absolute atomic E-state index is 14.5. The Bertz CT molecular complexity index is 629. The number of piperazine rings is 1. The van der Waals surface area contributed by atoms with Gasteiger partial charge in [-0.05, 0) is 18.2 Å². The molecule has 120 valence electrons. The standard InChI is InChI=1S/C15H15Cl2FN2S.ClH/c16-11-3-1-2-10(14(11)18)15(12-4-5-13(17)21-12)20-8-6-19-7-9-20;/h1-5,15,19H,6-9H2;1H/t15-;/m0./s1. The van der Waals surface area contributed by atoms with Gasteiger partial charge in [-0.2, -0.15) is 0 Å². The van der Waals surface area contributed by atoms with Crippen LogP contribution in [0.4, 0.5) is 4.39 Å². The molecular formula is C15H16Cl3FN2S. The molecule has 1 N–H and O–H groups in total. The third-order valence-electron chi connectivity index (χ3n) is 3.66. The van der Waals surface area contributed by atoms with Gasteiger partial charge < -0.3 is 5.32 Å². The zero-order valence-electron chi connectivity index (χ0n) is 11.7. The molecule has 0 radical (unpaired) electrons. The lowest BCUT2D eigenvalue weighted by atomic mass is 10.0. The summed E-state index contributed by atoms with van der Waals surface area (Å²) in [5.41, 5.74) is 0.614.